The number of ether oxygens (including phenoxy) is 2. The number of benzene rings is 1. The molecule has 8 nitrogen and oxygen atoms in total. The highest BCUT2D eigenvalue weighted by Gasteiger charge is 2.79. The second-order valence-corrected chi connectivity index (χ2v) is 10.4. The van der Waals surface area contributed by atoms with Crippen molar-refractivity contribution in [2.24, 2.45) is 11.8 Å². The van der Waals surface area contributed by atoms with Gasteiger partial charge in [-0.15, -0.1) is 6.58 Å². The number of anilines is 1. The normalized spacial score (nSPS) is 31.3. The monoisotopic (exact) mass is 518 g/mol. The lowest BCUT2D eigenvalue weighted by atomic mass is 9.65. The molecule has 6 atom stereocenters. The van der Waals surface area contributed by atoms with Crippen LogP contribution in [0, 0.1) is 18.8 Å². The number of halogens is 1. The van der Waals surface area contributed by atoms with Gasteiger partial charge in [0.2, 0.25) is 5.91 Å². The van der Waals surface area contributed by atoms with Crippen LogP contribution >= 0.6 is 11.6 Å². The third kappa shape index (κ3) is 3.68. The Balaban J connectivity index is 1.88. The number of carbonyl (C=O) groups is 3. The maximum Gasteiger partial charge on any atom is 0.312 e. The Morgan fingerprint density at radius 1 is 1.39 bits per heavy atom. The molecule has 1 N–H and O–H groups in total. The molecular weight excluding hydrogens is 484 g/mol. The third-order valence-electron chi connectivity index (χ3n) is 8.17. The van der Waals surface area contributed by atoms with Crippen LogP contribution in [0.25, 0.3) is 0 Å². The Morgan fingerprint density at radius 2 is 2.11 bits per heavy atom. The number of hydrogen-bond donors (Lipinski definition) is 1. The van der Waals surface area contributed by atoms with Crippen molar-refractivity contribution in [3.05, 3.63) is 41.4 Å². The highest BCUT2D eigenvalue weighted by Crippen LogP contribution is 2.65. The predicted molar refractivity (Wildman–Crippen MR) is 136 cm³/mol. The second-order valence-electron chi connectivity index (χ2n) is 10.0. The highest BCUT2D eigenvalue weighted by molar-refractivity contribution is 6.34. The Kier molecular flexibility index (Phi) is 7.25. The lowest BCUT2D eigenvalue weighted by Crippen LogP contribution is -2.58. The molecule has 1 aromatic carbocycles. The summed E-state index contributed by atoms with van der Waals surface area (Å²) < 4.78 is 12.1. The summed E-state index contributed by atoms with van der Waals surface area (Å²) in [6.45, 7) is 11.0. The van der Waals surface area contributed by atoms with E-state index in [-0.39, 0.29) is 31.6 Å². The van der Waals surface area contributed by atoms with E-state index in [1.54, 1.807) is 26.0 Å². The summed E-state index contributed by atoms with van der Waals surface area (Å²) in [6.07, 6.45) is 3.10. The van der Waals surface area contributed by atoms with Crippen molar-refractivity contribution in [1.29, 1.82) is 0 Å². The fourth-order valence-electron chi connectivity index (χ4n) is 6.62. The van der Waals surface area contributed by atoms with Crippen LogP contribution in [-0.4, -0.2) is 70.8 Å². The lowest BCUT2D eigenvalue weighted by molar-refractivity contribution is -0.161. The Hall–Kier alpha value is -2.42. The van der Waals surface area contributed by atoms with Crippen LogP contribution in [0.4, 0.5) is 5.69 Å². The van der Waals surface area contributed by atoms with Gasteiger partial charge in [0.1, 0.15) is 17.6 Å². The van der Waals surface area contributed by atoms with Crippen molar-refractivity contribution >= 4 is 35.1 Å². The number of aliphatic hydroxyl groups excluding tert-OH is 1. The molecule has 3 fully saturated rings. The van der Waals surface area contributed by atoms with Crippen LogP contribution < -0.4 is 4.90 Å². The maximum atomic E-state index is 14.5. The van der Waals surface area contributed by atoms with Gasteiger partial charge in [0.05, 0.1) is 41.5 Å². The Morgan fingerprint density at radius 3 is 2.69 bits per heavy atom. The van der Waals surface area contributed by atoms with E-state index in [1.165, 1.54) is 9.80 Å². The smallest absolute Gasteiger partial charge is 0.312 e. The molecule has 36 heavy (non-hydrogen) atoms. The van der Waals surface area contributed by atoms with Crippen LogP contribution in [0.1, 0.15) is 45.6 Å². The fraction of sp³-hybridized carbons (Fsp3) is 0.593. The number of rotatable bonds is 9. The molecule has 2 amide bonds. The number of nitrogens with zero attached hydrogens (tertiary/aromatic N) is 2. The molecule has 2 bridgehead atoms. The number of para-hydroxylation sites is 1. The number of esters is 1. The van der Waals surface area contributed by atoms with E-state index in [4.69, 9.17) is 21.1 Å². The Bertz CT molecular complexity index is 1060. The van der Waals surface area contributed by atoms with Gasteiger partial charge in [0.25, 0.3) is 5.91 Å². The lowest BCUT2D eigenvalue weighted by Gasteiger charge is -2.39. The molecule has 0 aromatic heterocycles. The molecular formula is C27H35ClN2O6. The number of hydrogen-bond acceptors (Lipinski definition) is 6. The summed E-state index contributed by atoms with van der Waals surface area (Å²) in [5.74, 6) is -2.90. The average Bonchev–Trinajstić information content (AvgIpc) is 3.46. The molecule has 1 aromatic rings. The zero-order chi connectivity index (χ0) is 26.4. The van der Waals surface area contributed by atoms with Crippen LogP contribution in [0.5, 0.6) is 0 Å². The van der Waals surface area contributed by atoms with E-state index in [0.717, 1.165) is 5.56 Å². The van der Waals surface area contributed by atoms with Gasteiger partial charge in [-0.2, -0.15) is 0 Å². The zero-order valence-electron chi connectivity index (χ0n) is 21.3. The molecule has 3 saturated heterocycles. The van der Waals surface area contributed by atoms with E-state index < -0.39 is 41.1 Å². The molecule has 2 unspecified atom stereocenters. The average molecular weight is 519 g/mol. The van der Waals surface area contributed by atoms with E-state index in [1.807, 2.05) is 26.0 Å². The van der Waals surface area contributed by atoms with Crippen LogP contribution in [-0.2, 0) is 23.9 Å². The summed E-state index contributed by atoms with van der Waals surface area (Å²) in [7, 11) is 0. The number of aryl methyl sites for hydroxylation is 1. The first-order valence-corrected chi connectivity index (χ1v) is 13.0. The second kappa shape index (κ2) is 9.80. The minimum atomic E-state index is -1.21. The van der Waals surface area contributed by atoms with E-state index in [9.17, 15) is 19.5 Å². The summed E-state index contributed by atoms with van der Waals surface area (Å²) in [5.41, 5.74) is -0.750. The SMILES string of the molecule is C=CCN(C(=O)C1N([C@H](C)CO)C(=O)[C@@H]2[C@H](C(=O)OCC)[C@]3(CC)CCC12O3)c1c(C)cccc1Cl. The predicted octanol–water partition coefficient (Wildman–Crippen LogP) is 3.27. The van der Waals surface area contributed by atoms with Gasteiger partial charge < -0.3 is 24.4 Å². The molecule has 1 spiro atoms. The number of carbonyl (C=O) groups excluding carboxylic acids is 3. The van der Waals surface area contributed by atoms with Crippen LogP contribution in [0.3, 0.4) is 0 Å². The topological polar surface area (TPSA) is 96.4 Å². The molecule has 3 aliphatic heterocycles. The standard InChI is InChI=1S/C27H35ClN2O6/c1-6-14-29(21-16(4)10-9-11-18(21)28)24(33)22-27-13-12-26(7-2,36-27)20(25(34)35-8-3)19(27)23(32)30(22)17(5)15-31/h6,9-11,17,19-20,22,31H,1,7-8,12-15H2,2-5H3/t17-,19+,20-,22?,26+,27?/m1/s1. The van der Waals surface area contributed by atoms with Gasteiger partial charge in [-0.1, -0.05) is 36.7 Å². The number of fused-ring (bicyclic) bond motifs is 1. The highest BCUT2D eigenvalue weighted by atomic mass is 35.5. The first-order valence-electron chi connectivity index (χ1n) is 12.6. The molecule has 9 heteroatoms. The molecule has 0 aliphatic carbocycles. The van der Waals surface area contributed by atoms with E-state index in [0.29, 0.717) is 30.0 Å². The van der Waals surface area contributed by atoms with Gasteiger partial charge in [-0.3, -0.25) is 14.4 Å². The van der Waals surface area contributed by atoms with Crippen LogP contribution in [0.15, 0.2) is 30.9 Å². The molecule has 3 aliphatic rings. The number of aliphatic hydroxyl groups is 1. The van der Waals surface area contributed by atoms with Crippen molar-refractivity contribution in [3.8, 4) is 0 Å². The first kappa shape index (κ1) is 26.6. The quantitative estimate of drug-likeness (QED) is 0.398. The number of likely N-dealkylation sites (tertiary alicyclic amines) is 1. The van der Waals surface area contributed by atoms with Gasteiger partial charge in [0.15, 0.2) is 0 Å². The van der Waals surface area contributed by atoms with Crippen molar-refractivity contribution in [2.75, 3.05) is 24.7 Å². The summed E-state index contributed by atoms with van der Waals surface area (Å²) >= 11 is 6.56. The zero-order valence-corrected chi connectivity index (χ0v) is 22.1. The van der Waals surface area contributed by atoms with E-state index in [2.05, 4.69) is 6.58 Å². The van der Waals surface area contributed by atoms with Gasteiger partial charge in [0, 0.05) is 6.54 Å². The molecule has 4 rings (SSSR count). The van der Waals surface area contributed by atoms with Crippen molar-refractivity contribution in [2.45, 2.75) is 70.2 Å². The third-order valence-corrected chi connectivity index (χ3v) is 8.47. The first-order chi connectivity index (χ1) is 17.1. The van der Waals surface area contributed by atoms with E-state index >= 15 is 0 Å². The van der Waals surface area contributed by atoms with Crippen molar-refractivity contribution in [3.63, 3.8) is 0 Å². The summed E-state index contributed by atoms with van der Waals surface area (Å²) in [4.78, 5) is 44.7. The van der Waals surface area contributed by atoms with Crippen molar-refractivity contribution in [1.82, 2.24) is 4.90 Å². The maximum absolute atomic E-state index is 14.5. The summed E-state index contributed by atoms with van der Waals surface area (Å²) in [5, 5.41) is 10.5. The Labute approximate surface area is 217 Å². The summed E-state index contributed by atoms with van der Waals surface area (Å²) in [6, 6.07) is 3.68. The molecule has 0 radical (unpaired) electrons. The molecule has 0 saturated carbocycles. The van der Waals surface area contributed by atoms with Crippen LogP contribution in [0.2, 0.25) is 5.02 Å². The van der Waals surface area contributed by atoms with Gasteiger partial charge in [-0.25, -0.2) is 0 Å². The minimum absolute atomic E-state index is 0.163. The largest absolute Gasteiger partial charge is 0.466 e. The number of amides is 2. The van der Waals surface area contributed by atoms with Crippen molar-refractivity contribution < 1.29 is 29.0 Å². The minimum Gasteiger partial charge on any atom is -0.466 e. The van der Waals surface area contributed by atoms with Gasteiger partial charge >= 0.3 is 5.97 Å². The molecule has 196 valence electrons. The van der Waals surface area contributed by atoms with Gasteiger partial charge in [-0.05, 0) is 51.7 Å². The fourth-order valence-corrected chi connectivity index (χ4v) is 6.95. The molecule has 3 heterocycles.